The molecule has 0 spiro atoms. The fourth-order valence-corrected chi connectivity index (χ4v) is 1.65. The molecule has 0 rings (SSSR count). The van der Waals surface area contributed by atoms with Crippen molar-refractivity contribution < 1.29 is 19.9 Å². The van der Waals surface area contributed by atoms with E-state index in [1.807, 2.05) is 0 Å². The van der Waals surface area contributed by atoms with Crippen LogP contribution in [0.3, 0.4) is 0 Å². The molecule has 1 atom stereocenters. The second-order valence-corrected chi connectivity index (χ2v) is 3.89. The number of unbranched alkanes of at least 4 members (excludes halogenated alkanes) is 1. The molecule has 0 aliphatic heterocycles. The number of aliphatic carboxylic acids is 1. The third kappa shape index (κ3) is 4.93. The van der Waals surface area contributed by atoms with Crippen LogP contribution in [0, 0.1) is 0 Å². The Morgan fingerprint density at radius 1 is 1.31 bits per heavy atom. The van der Waals surface area contributed by atoms with Crippen LogP contribution < -0.4 is 10.6 Å². The molecule has 0 amide bonds. The van der Waals surface area contributed by atoms with Crippen LogP contribution in [-0.2, 0) is 4.79 Å². The number of carbonyl (C=O) groups is 1. The van der Waals surface area contributed by atoms with Gasteiger partial charge in [0.25, 0.3) is 0 Å². The predicted octanol–water partition coefficient (Wildman–Crippen LogP) is -1.11. The molecule has 0 bridgehead atoms. The maximum Gasteiger partial charge on any atom is 0.451 e. The Morgan fingerprint density at radius 3 is 2.31 bits per heavy atom. The highest BCUT2D eigenvalue weighted by atomic mass is 16.4. The van der Waals surface area contributed by atoms with Crippen molar-refractivity contribution >= 4 is 13.1 Å². The second-order valence-electron chi connectivity index (χ2n) is 3.89. The largest absolute Gasteiger partial charge is 0.480 e. The van der Waals surface area contributed by atoms with Crippen LogP contribution in [0.4, 0.5) is 0 Å². The molecule has 0 aliphatic rings. The average Bonchev–Trinajstić information content (AvgIpc) is 2.22. The third-order valence-corrected chi connectivity index (χ3v) is 2.68. The van der Waals surface area contributed by atoms with Crippen molar-refractivity contribution in [3.8, 4) is 0 Å². The molecule has 0 radical (unpaired) electrons. The summed E-state index contributed by atoms with van der Waals surface area (Å²) < 4.78 is 0. The molecule has 1 unspecified atom stereocenters. The molecule has 5 N–H and O–H groups in total. The molecule has 94 valence electrons. The number of hydrogen-bond acceptors (Lipinski definition) is 5. The molecule has 0 heterocycles. The van der Waals surface area contributed by atoms with Gasteiger partial charge in [-0.1, -0.05) is 12.8 Å². The quantitative estimate of drug-likeness (QED) is 0.255. The van der Waals surface area contributed by atoms with Gasteiger partial charge in [0.2, 0.25) is 0 Å². The van der Waals surface area contributed by atoms with Gasteiger partial charge in [-0.15, -0.1) is 0 Å². The molecule has 0 aliphatic carbocycles. The van der Waals surface area contributed by atoms with Gasteiger partial charge in [0.15, 0.2) is 0 Å². The fourth-order valence-electron chi connectivity index (χ4n) is 1.65. The Bertz CT molecular complexity index is 216. The summed E-state index contributed by atoms with van der Waals surface area (Å²) in [7, 11) is 2.01. The topological polar surface area (TPSA) is 102 Å². The number of rotatable bonds is 9. The first-order chi connectivity index (χ1) is 7.48. The maximum absolute atomic E-state index is 11.2. The molecule has 0 fully saturated rings. The molecule has 6 nitrogen and oxygen atoms in total. The normalized spacial score (nSPS) is 14.5. The van der Waals surface area contributed by atoms with E-state index in [0.717, 1.165) is 0 Å². The standard InChI is InChI=1S/C9H21BN2O4/c1-11-7-9(12-2,8(13)14)5-3-4-6-10(15)16/h11-12,15-16H,3-7H2,1-2H3,(H,13,14). The number of nitrogens with one attached hydrogen (secondary N) is 2. The summed E-state index contributed by atoms with van der Waals surface area (Å²) in [5, 5.41) is 32.2. The van der Waals surface area contributed by atoms with Gasteiger partial charge in [-0.3, -0.25) is 4.79 Å². The van der Waals surface area contributed by atoms with Gasteiger partial charge in [0.05, 0.1) is 0 Å². The van der Waals surface area contributed by atoms with Crippen molar-refractivity contribution in [1.29, 1.82) is 0 Å². The number of carboxylic acids is 1. The number of hydrogen-bond donors (Lipinski definition) is 5. The molecule has 0 aromatic heterocycles. The Balaban J connectivity index is 4.15. The lowest BCUT2D eigenvalue weighted by molar-refractivity contribution is -0.144. The van der Waals surface area contributed by atoms with Crippen LogP contribution in [0.2, 0.25) is 6.32 Å². The lowest BCUT2D eigenvalue weighted by Gasteiger charge is -2.28. The van der Waals surface area contributed by atoms with Crippen LogP contribution in [0.5, 0.6) is 0 Å². The van der Waals surface area contributed by atoms with E-state index in [9.17, 15) is 4.79 Å². The fraction of sp³-hybridized carbons (Fsp3) is 0.889. The van der Waals surface area contributed by atoms with E-state index in [4.69, 9.17) is 15.2 Å². The summed E-state index contributed by atoms with van der Waals surface area (Å²) in [6.07, 6.45) is 1.95. The van der Waals surface area contributed by atoms with E-state index < -0.39 is 18.6 Å². The van der Waals surface area contributed by atoms with Crippen molar-refractivity contribution in [2.45, 2.75) is 31.1 Å². The monoisotopic (exact) mass is 232 g/mol. The van der Waals surface area contributed by atoms with Crippen molar-refractivity contribution in [3.05, 3.63) is 0 Å². The van der Waals surface area contributed by atoms with E-state index >= 15 is 0 Å². The first-order valence-electron chi connectivity index (χ1n) is 5.41. The van der Waals surface area contributed by atoms with Crippen LogP contribution in [0.25, 0.3) is 0 Å². The van der Waals surface area contributed by atoms with E-state index in [2.05, 4.69) is 10.6 Å². The number of carboxylic acid groups (broad SMARTS) is 1. The summed E-state index contributed by atoms with van der Waals surface area (Å²) in [4.78, 5) is 11.2. The highest BCUT2D eigenvalue weighted by molar-refractivity contribution is 6.40. The summed E-state index contributed by atoms with van der Waals surface area (Å²) in [5.74, 6) is -0.895. The molecule has 0 aromatic carbocycles. The zero-order chi connectivity index (χ0) is 12.6. The third-order valence-electron chi connectivity index (χ3n) is 2.68. The Hall–Kier alpha value is -0.625. The maximum atomic E-state index is 11.2. The van der Waals surface area contributed by atoms with Gasteiger partial charge in [-0.05, 0) is 26.8 Å². The summed E-state index contributed by atoms with van der Waals surface area (Å²) in [6.45, 7) is 0.334. The van der Waals surface area contributed by atoms with Crippen LogP contribution in [0.15, 0.2) is 0 Å². The van der Waals surface area contributed by atoms with Crippen molar-refractivity contribution in [3.63, 3.8) is 0 Å². The number of likely N-dealkylation sites (N-methyl/N-ethyl adjacent to an activating group) is 2. The minimum Gasteiger partial charge on any atom is -0.480 e. The van der Waals surface area contributed by atoms with Gasteiger partial charge in [-0.2, -0.15) is 0 Å². The summed E-state index contributed by atoms with van der Waals surface area (Å²) in [6, 6.07) is 0. The van der Waals surface area contributed by atoms with E-state index in [1.54, 1.807) is 14.1 Å². The predicted molar refractivity (Wildman–Crippen MR) is 62.2 cm³/mol. The molecule has 0 saturated heterocycles. The second kappa shape index (κ2) is 7.62. The molecule has 0 saturated carbocycles. The first-order valence-corrected chi connectivity index (χ1v) is 5.41. The van der Waals surface area contributed by atoms with Gasteiger partial charge >= 0.3 is 13.1 Å². The summed E-state index contributed by atoms with van der Waals surface area (Å²) in [5.41, 5.74) is -0.977. The highest BCUT2D eigenvalue weighted by Gasteiger charge is 2.35. The Morgan fingerprint density at radius 2 is 1.94 bits per heavy atom. The zero-order valence-corrected chi connectivity index (χ0v) is 9.86. The first kappa shape index (κ1) is 15.4. The van der Waals surface area contributed by atoms with Gasteiger partial charge < -0.3 is 25.8 Å². The molecule has 16 heavy (non-hydrogen) atoms. The van der Waals surface area contributed by atoms with E-state index in [0.29, 0.717) is 25.8 Å². The molecular formula is C9H21BN2O4. The molecule has 7 heteroatoms. The molecular weight excluding hydrogens is 211 g/mol. The smallest absolute Gasteiger partial charge is 0.451 e. The van der Waals surface area contributed by atoms with Gasteiger partial charge in [0.1, 0.15) is 5.54 Å². The Labute approximate surface area is 96.2 Å². The lowest BCUT2D eigenvalue weighted by Crippen LogP contribution is -2.56. The average molecular weight is 232 g/mol. The Kier molecular flexibility index (Phi) is 7.32. The van der Waals surface area contributed by atoms with Crippen molar-refractivity contribution in [2.75, 3.05) is 20.6 Å². The van der Waals surface area contributed by atoms with E-state index in [-0.39, 0.29) is 6.32 Å². The van der Waals surface area contributed by atoms with Gasteiger partial charge in [-0.25, -0.2) is 0 Å². The van der Waals surface area contributed by atoms with Crippen LogP contribution >= 0.6 is 0 Å². The zero-order valence-electron chi connectivity index (χ0n) is 9.86. The van der Waals surface area contributed by atoms with E-state index in [1.165, 1.54) is 0 Å². The SMILES string of the molecule is CNCC(CCCCB(O)O)(NC)C(=O)O. The van der Waals surface area contributed by atoms with Crippen molar-refractivity contribution in [2.24, 2.45) is 0 Å². The van der Waals surface area contributed by atoms with Crippen molar-refractivity contribution in [1.82, 2.24) is 10.6 Å². The van der Waals surface area contributed by atoms with Crippen LogP contribution in [-0.4, -0.2) is 54.4 Å². The van der Waals surface area contributed by atoms with Gasteiger partial charge in [0, 0.05) is 6.54 Å². The lowest BCUT2D eigenvalue weighted by atomic mass is 9.82. The highest BCUT2D eigenvalue weighted by Crippen LogP contribution is 2.15. The summed E-state index contributed by atoms with van der Waals surface area (Å²) >= 11 is 0. The minimum absolute atomic E-state index is 0.277. The minimum atomic E-state index is -1.31. The molecule has 0 aromatic rings. The van der Waals surface area contributed by atoms with Crippen LogP contribution in [0.1, 0.15) is 19.3 Å².